The number of carbonyl (C=O) groups is 1. The second kappa shape index (κ2) is 8.15. The van der Waals surface area contributed by atoms with Gasteiger partial charge in [-0.3, -0.25) is 9.89 Å². The van der Waals surface area contributed by atoms with E-state index in [1.807, 2.05) is 17.9 Å². The van der Waals surface area contributed by atoms with Gasteiger partial charge < -0.3 is 9.64 Å². The van der Waals surface area contributed by atoms with Crippen LogP contribution in [0.5, 0.6) is 5.75 Å². The average molecular weight is 367 g/mol. The molecular weight excluding hydrogens is 338 g/mol. The summed E-state index contributed by atoms with van der Waals surface area (Å²) in [5.74, 6) is 2.33. The van der Waals surface area contributed by atoms with Crippen molar-refractivity contribution in [1.29, 1.82) is 0 Å². The van der Waals surface area contributed by atoms with Crippen molar-refractivity contribution in [2.75, 3.05) is 19.7 Å². The zero-order chi connectivity index (χ0) is 18.6. The molecule has 0 atom stereocenters. The number of nitrogens with one attached hydrogen (secondary N) is 1. The van der Waals surface area contributed by atoms with Crippen LogP contribution in [0.3, 0.4) is 0 Å². The van der Waals surface area contributed by atoms with E-state index in [4.69, 9.17) is 4.74 Å². The van der Waals surface area contributed by atoms with Gasteiger partial charge in [0.25, 0.3) is 5.91 Å². The maximum absolute atomic E-state index is 12.7. The van der Waals surface area contributed by atoms with Gasteiger partial charge in [-0.25, -0.2) is 0 Å². The summed E-state index contributed by atoms with van der Waals surface area (Å²) in [5, 5.41) is 7.28. The Labute approximate surface area is 161 Å². The highest BCUT2D eigenvalue weighted by Crippen LogP contribution is 2.39. The molecule has 1 aromatic carbocycles. The summed E-state index contributed by atoms with van der Waals surface area (Å²) in [6.07, 6.45) is 6.88. The fourth-order valence-corrected chi connectivity index (χ4v) is 3.93. The van der Waals surface area contributed by atoms with Gasteiger partial charge in [-0.15, -0.1) is 0 Å². The first kappa shape index (κ1) is 18.1. The summed E-state index contributed by atoms with van der Waals surface area (Å²) in [6, 6.07) is 10.4. The highest BCUT2D eigenvalue weighted by molar-refractivity contribution is 5.92. The molecule has 2 heterocycles. The van der Waals surface area contributed by atoms with Crippen LogP contribution in [0.25, 0.3) is 0 Å². The van der Waals surface area contributed by atoms with Crippen molar-refractivity contribution in [2.24, 2.45) is 5.92 Å². The van der Waals surface area contributed by atoms with Gasteiger partial charge in [0.15, 0.2) is 0 Å². The fourth-order valence-electron chi connectivity index (χ4n) is 3.93. The lowest BCUT2D eigenvalue weighted by atomic mass is 9.90. The van der Waals surface area contributed by atoms with Crippen LogP contribution in [0.15, 0.2) is 30.3 Å². The molecule has 1 saturated heterocycles. The number of amides is 1. The average Bonchev–Trinajstić information content (AvgIpc) is 3.44. The molecule has 1 aliphatic carbocycles. The predicted molar refractivity (Wildman–Crippen MR) is 105 cm³/mol. The number of carbonyl (C=O) groups excluding carboxylic acids is 1. The molecule has 1 amide bonds. The molecule has 5 heteroatoms. The first-order valence-corrected chi connectivity index (χ1v) is 10.3. The van der Waals surface area contributed by atoms with E-state index in [0.29, 0.717) is 24.1 Å². The van der Waals surface area contributed by atoms with Crippen molar-refractivity contribution in [2.45, 2.75) is 51.4 Å². The number of hydrogen-bond donors (Lipinski definition) is 1. The summed E-state index contributed by atoms with van der Waals surface area (Å²) in [7, 11) is 0. The van der Waals surface area contributed by atoms with Gasteiger partial charge in [0.2, 0.25) is 0 Å². The van der Waals surface area contributed by atoms with Crippen LogP contribution in [0, 0.1) is 5.92 Å². The molecule has 1 aliphatic heterocycles. The van der Waals surface area contributed by atoms with Gasteiger partial charge in [0.05, 0.1) is 6.61 Å². The Morgan fingerprint density at radius 2 is 1.93 bits per heavy atom. The quantitative estimate of drug-likeness (QED) is 0.799. The summed E-state index contributed by atoms with van der Waals surface area (Å²) in [6.45, 7) is 4.40. The molecule has 1 aromatic heterocycles. The number of aryl methyl sites for hydroxylation is 1. The molecule has 2 aliphatic rings. The molecule has 0 spiro atoms. The number of piperidine rings is 1. The molecule has 1 saturated carbocycles. The predicted octanol–water partition coefficient (Wildman–Crippen LogP) is 4.17. The molecule has 1 N–H and O–H groups in total. The number of benzene rings is 1. The topological polar surface area (TPSA) is 58.2 Å². The lowest BCUT2D eigenvalue weighted by molar-refractivity contribution is 0.0681. The van der Waals surface area contributed by atoms with E-state index in [9.17, 15) is 4.79 Å². The lowest BCUT2D eigenvalue weighted by Gasteiger charge is -2.31. The minimum Gasteiger partial charge on any atom is -0.494 e. The SMILES string of the molecule is CCOc1ccc(CCC2CCN(C(=O)c3cc(C4CC4)[nH]n3)CC2)cc1. The van der Waals surface area contributed by atoms with Crippen molar-refractivity contribution in [1.82, 2.24) is 15.1 Å². The van der Waals surface area contributed by atoms with E-state index in [2.05, 4.69) is 34.5 Å². The van der Waals surface area contributed by atoms with E-state index < -0.39 is 0 Å². The maximum Gasteiger partial charge on any atom is 0.274 e. The Bertz CT molecular complexity index is 756. The Morgan fingerprint density at radius 1 is 1.19 bits per heavy atom. The van der Waals surface area contributed by atoms with Gasteiger partial charge in [0.1, 0.15) is 11.4 Å². The summed E-state index contributed by atoms with van der Waals surface area (Å²) in [5.41, 5.74) is 3.08. The maximum atomic E-state index is 12.7. The monoisotopic (exact) mass is 367 g/mol. The summed E-state index contributed by atoms with van der Waals surface area (Å²) in [4.78, 5) is 14.6. The smallest absolute Gasteiger partial charge is 0.274 e. The van der Waals surface area contributed by atoms with Gasteiger partial charge in [0, 0.05) is 24.7 Å². The van der Waals surface area contributed by atoms with Crippen molar-refractivity contribution in [3.05, 3.63) is 47.3 Å². The van der Waals surface area contributed by atoms with Gasteiger partial charge in [-0.2, -0.15) is 5.10 Å². The van der Waals surface area contributed by atoms with Gasteiger partial charge >= 0.3 is 0 Å². The van der Waals surface area contributed by atoms with Crippen LogP contribution >= 0.6 is 0 Å². The van der Waals surface area contributed by atoms with Crippen LogP contribution in [0.1, 0.15) is 66.7 Å². The Kier molecular flexibility index (Phi) is 5.46. The first-order valence-electron chi connectivity index (χ1n) is 10.3. The summed E-state index contributed by atoms with van der Waals surface area (Å²) < 4.78 is 5.50. The van der Waals surface area contributed by atoms with Gasteiger partial charge in [-0.05, 0) is 75.1 Å². The minimum absolute atomic E-state index is 0.0862. The molecule has 4 rings (SSSR count). The third kappa shape index (κ3) is 4.52. The number of hydrogen-bond acceptors (Lipinski definition) is 3. The van der Waals surface area contributed by atoms with Crippen molar-refractivity contribution in [3.8, 4) is 5.75 Å². The van der Waals surface area contributed by atoms with E-state index in [1.54, 1.807) is 0 Å². The minimum atomic E-state index is 0.0862. The third-order valence-corrected chi connectivity index (χ3v) is 5.81. The normalized spacial score (nSPS) is 17.9. The van der Waals surface area contributed by atoms with Crippen LogP contribution in [-0.2, 0) is 6.42 Å². The van der Waals surface area contributed by atoms with E-state index in [1.165, 1.54) is 24.8 Å². The Balaban J connectivity index is 1.22. The lowest BCUT2D eigenvalue weighted by Crippen LogP contribution is -2.38. The highest BCUT2D eigenvalue weighted by Gasteiger charge is 2.29. The molecule has 0 radical (unpaired) electrons. The zero-order valence-electron chi connectivity index (χ0n) is 16.1. The number of aromatic amines is 1. The van der Waals surface area contributed by atoms with Crippen molar-refractivity contribution < 1.29 is 9.53 Å². The van der Waals surface area contributed by atoms with Crippen LogP contribution in [0.4, 0.5) is 0 Å². The number of nitrogens with zero attached hydrogens (tertiary/aromatic N) is 2. The molecule has 2 fully saturated rings. The largest absolute Gasteiger partial charge is 0.494 e. The number of aromatic nitrogens is 2. The molecule has 0 unspecified atom stereocenters. The second-order valence-electron chi connectivity index (χ2n) is 7.83. The van der Waals surface area contributed by atoms with Crippen molar-refractivity contribution in [3.63, 3.8) is 0 Å². The molecular formula is C22H29N3O2. The van der Waals surface area contributed by atoms with Crippen LogP contribution in [0.2, 0.25) is 0 Å². The zero-order valence-corrected chi connectivity index (χ0v) is 16.1. The van der Waals surface area contributed by atoms with Gasteiger partial charge in [-0.1, -0.05) is 12.1 Å². The molecule has 27 heavy (non-hydrogen) atoms. The van der Waals surface area contributed by atoms with E-state index in [-0.39, 0.29) is 5.91 Å². The fraction of sp³-hybridized carbons (Fsp3) is 0.545. The third-order valence-electron chi connectivity index (χ3n) is 5.81. The van der Waals surface area contributed by atoms with Crippen molar-refractivity contribution >= 4 is 5.91 Å². The number of ether oxygens (including phenoxy) is 1. The number of H-pyrrole nitrogens is 1. The highest BCUT2D eigenvalue weighted by atomic mass is 16.5. The Morgan fingerprint density at radius 3 is 2.59 bits per heavy atom. The summed E-state index contributed by atoms with van der Waals surface area (Å²) >= 11 is 0. The number of likely N-dealkylation sites (tertiary alicyclic amines) is 1. The molecule has 5 nitrogen and oxygen atoms in total. The van der Waals surface area contributed by atoms with Crippen LogP contribution < -0.4 is 4.74 Å². The number of rotatable bonds is 7. The molecule has 144 valence electrons. The first-order chi connectivity index (χ1) is 13.2. The van der Waals surface area contributed by atoms with E-state index in [0.717, 1.165) is 43.8 Å². The standard InChI is InChI=1S/C22H29N3O2/c1-2-27-19-9-5-16(6-10-19)3-4-17-11-13-25(14-12-17)22(26)21-15-20(23-24-21)18-7-8-18/h5-6,9-10,15,17-18H,2-4,7-8,11-14H2,1H3,(H,23,24). The Hall–Kier alpha value is -2.30. The van der Waals surface area contributed by atoms with Crippen LogP contribution in [-0.4, -0.2) is 40.7 Å². The molecule has 0 bridgehead atoms. The van der Waals surface area contributed by atoms with E-state index >= 15 is 0 Å². The molecule has 2 aromatic rings. The second-order valence-corrected chi connectivity index (χ2v) is 7.83.